The van der Waals surface area contributed by atoms with Crippen molar-refractivity contribution in [3.8, 4) is 0 Å². The molecule has 1 aliphatic heterocycles. The summed E-state index contributed by atoms with van der Waals surface area (Å²) in [7, 11) is 0. The Hall–Kier alpha value is -3.62. The summed E-state index contributed by atoms with van der Waals surface area (Å²) in [6.07, 6.45) is 0.00232. The lowest BCUT2D eigenvalue weighted by atomic mass is 9.95. The molecule has 2 aromatic carbocycles. The number of halogens is 1. The van der Waals surface area contributed by atoms with Gasteiger partial charge in [-0.25, -0.2) is 9.07 Å². The van der Waals surface area contributed by atoms with Crippen LogP contribution in [0.15, 0.2) is 60.9 Å². The molecule has 0 saturated carbocycles. The number of amides is 2. The van der Waals surface area contributed by atoms with Crippen LogP contribution in [0.1, 0.15) is 48.9 Å². The third-order valence-electron chi connectivity index (χ3n) is 5.92. The van der Waals surface area contributed by atoms with Crippen LogP contribution in [0.3, 0.4) is 0 Å². The van der Waals surface area contributed by atoms with Crippen LogP contribution in [0, 0.1) is 0 Å². The second-order valence-electron chi connectivity index (χ2n) is 8.58. The zero-order chi connectivity index (χ0) is 23.4. The zero-order valence-electron chi connectivity index (χ0n) is 18.6. The van der Waals surface area contributed by atoms with E-state index in [4.69, 9.17) is 0 Å². The Morgan fingerprint density at radius 3 is 2.36 bits per heavy atom. The van der Waals surface area contributed by atoms with E-state index in [1.165, 1.54) is 21.5 Å². The molecular formula is C24H27FN6O2. The monoisotopic (exact) mass is 450 g/mol. The molecule has 1 aromatic heterocycles. The van der Waals surface area contributed by atoms with Crippen molar-refractivity contribution in [2.75, 3.05) is 6.54 Å². The Morgan fingerprint density at radius 1 is 1.06 bits per heavy atom. The highest BCUT2D eigenvalue weighted by atomic mass is 19.1. The summed E-state index contributed by atoms with van der Waals surface area (Å²) < 4.78 is 15.6. The van der Waals surface area contributed by atoms with Crippen molar-refractivity contribution in [2.45, 2.75) is 51.0 Å². The Balaban J connectivity index is 1.56. The van der Waals surface area contributed by atoms with Crippen LogP contribution in [0.4, 0.5) is 4.39 Å². The molecule has 2 heterocycles. The third-order valence-corrected chi connectivity index (χ3v) is 5.92. The molecule has 3 aromatic rings. The number of nitrogens with zero attached hydrogens (tertiary/aromatic N) is 5. The number of carbonyl (C=O) groups is 2. The SMILES string of the molecule is CC(C)c1ccc([C@@H](NC(=O)[C@@H]2C[C@@H](F)CN2C(=O)Cn2cnnn2)c2ccccc2)cc1. The number of hydrogen-bond donors (Lipinski definition) is 1. The van der Waals surface area contributed by atoms with E-state index in [1.807, 2.05) is 42.5 Å². The van der Waals surface area contributed by atoms with Gasteiger partial charge in [-0.05, 0) is 33.0 Å². The van der Waals surface area contributed by atoms with Crippen molar-refractivity contribution < 1.29 is 14.0 Å². The van der Waals surface area contributed by atoms with E-state index in [2.05, 4.69) is 46.8 Å². The molecule has 1 saturated heterocycles. The van der Waals surface area contributed by atoms with Crippen molar-refractivity contribution in [3.63, 3.8) is 0 Å². The summed E-state index contributed by atoms with van der Waals surface area (Å²) in [5.74, 6) is -0.397. The smallest absolute Gasteiger partial charge is 0.245 e. The first-order valence-corrected chi connectivity index (χ1v) is 11.0. The van der Waals surface area contributed by atoms with Gasteiger partial charge in [-0.2, -0.15) is 0 Å². The van der Waals surface area contributed by atoms with Crippen molar-refractivity contribution in [3.05, 3.63) is 77.6 Å². The molecule has 1 aliphatic rings. The lowest BCUT2D eigenvalue weighted by molar-refractivity contribution is -0.139. The average molecular weight is 451 g/mol. The second kappa shape index (κ2) is 9.89. The summed E-state index contributed by atoms with van der Waals surface area (Å²) in [6.45, 7) is 3.97. The predicted octanol–water partition coefficient (Wildman–Crippen LogP) is 2.64. The number of nitrogens with one attached hydrogen (secondary N) is 1. The van der Waals surface area contributed by atoms with Crippen molar-refractivity contribution in [1.82, 2.24) is 30.4 Å². The van der Waals surface area contributed by atoms with Crippen molar-refractivity contribution in [2.24, 2.45) is 0 Å². The molecule has 0 bridgehead atoms. The number of carbonyl (C=O) groups excluding carboxylic acids is 2. The Bertz CT molecular complexity index is 1070. The maximum atomic E-state index is 14.3. The molecular weight excluding hydrogens is 423 g/mol. The van der Waals surface area contributed by atoms with Crippen LogP contribution >= 0.6 is 0 Å². The van der Waals surface area contributed by atoms with Gasteiger partial charge in [0.15, 0.2) is 0 Å². The van der Waals surface area contributed by atoms with Gasteiger partial charge in [0.2, 0.25) is 11.8 Å². The van der Waals surface area contributed by atoms with Gasteiger partial charge in [-0.3, -0.25) is 9.59 Å². The number of benzene rings is 2. The highest BCUT2D eigenvalue weighted by molar-refractivity contribution is 5.88. The molecule has 0 unspecified atom stereocenters. The van der Waals surface area contributed by atoms with E-state index in [-0.39, 0.29) is 25.4 Å². The standard InChI is InChI=1S/C24H27FN6O2/c1-16(2)17-8-10-19(11-9-17)23(18-6-4-3-5-7-18)27-24(33)21-12-20(25)13-31(21)22(32)14-30-15-26-28-29-30/h3-11,15-16,20-21,23H,12-14H2,1-2H3,(H,27,33)/t20-,21+,23+/m1/s1. The fourth-order valence-corrected chi connectivity index (χ4v) is 4.11. The number of likely N-dealkylation sites (tertiary alicyclic amines) is 1. The quantitative estimate of drug-likeness (QED) is 0.597. The summed E-state index contributed by atoms with van der Waals surface area (Å²) in [4.78, 5) is 27.4. The minimum atomic E-state index is -1.26. The Morgan fingerprint density at radius 2 is 1.73 bits per heavy atom. The van der Waals surface area contributed by atoms with Crippen molar-refractivity contribution in [1.29, 1.82) is 0 Å². The van der Waals surface area contributed by atoms with Crippen LogP contribution < -0.4 is 5.32 Å². The first-order chi connectivity index (χ1) is 15.9. The lowest BCUT2D eigenvalue weighted by Gasteiger charge is -2.27. The number of rotatable bonds is 7. The Kier molecular flexibility index (Phi) is 6.76. The normalized spacial score (nSPS) is 19.0. The molecule has 2 amide bonds. The van der Waals surface area contributed by atoms with Gasteiger partial charge >= 0.3 is 0 Å². The van der Waals surface area contributed by atoms with Crippen LogP contribution in [0.2, 0.25) is 0 Å². The van der Waals surface area contributed by atoms with E-state index >= 15 is 0 Å². The number of tetrazole rings is 1. The fraction of sp³-hybridized carbons (Fsp3) is 0.375. The van der Waals surface area contributed by atoms with E-state index in [0.29, 0.717) is 5.92 Å². The second-order valence-corrected chi connectivity index (χ2v) is 8.58. The van der Waals surface area contributed by atoms with Gasteiger partial charge in [-0.15, -0.1) is 5.10 Å². The summed E-state index contributed by atoms with van der Waals surface area (Å²) in [5, 5.41) is 13.7. The van der Waals surface area contributed by atoms with E-state index in [1.54, 1.807) is 0 Å². The zero-order valence-corrected chi connectivity index (χ0v) is 18.6. The van der Waals surface area contributed by atoms with Gasteiger partial charge < -0.3 is 10.2 Å². The third kappa shape index (κ3) is 5.24. The molecule has 0 aliphatic carbocycles. The largest absolute Gasteiger partial charge is 0.343 e. The molecule has 9 heteroatoms. The Labute approximate surface area is 191 Å². The summed E-state index contributed by atoms with van der Waals surface area (Å²) >= 11 is 0. The minimum absolute atomic E-state index is 0.0407. The van der Waals surface area contributed by atoms with Gasteiger partial charge in [0.05, 0.1) is 12.6 Å². The predicted molar refractivity (Wildman–Crippen MR) is 120 cm³/mol. The summed E-state index contributed by atoms with van der Waals surface area (Å²) in [5.41, 5.74) is 3.03. The lowest BCUT2D eigenvalue weighted by Crippen LogP contribution is -2.48. The highest BCUT2D eigenvalue weighted by Crippen LogP contribution is 2.27. The van der Waals surface area contributed by atoms with E-state index in [9.17, 15) is 14.0 Å². The first kappa shape index (κ1) is 22.6. The number of hydrogen-bond acceptors (Lipinski definition) is 5. The maximum Gasteiger partial charge on any atom is 0.245 e. The van der Waals surface area contributed by atoms with Gasteiger partial charge in [0.25, 0.3) is 0 Å². The molecule has 8 nitrogen and oxygen atoms in total. The van der Waals surface area contributed by atoms with Crippen LogP contribution in [-0.2, 0) is 16.1 Å². The average Bonchev–Trinajstić information content (AvgIpc) is 3.47. The van der Waals surface area contributed by atoms with Gasteiger partial charge in [-0.1, -0.05) is 68.4 Å². The molecule has 0 spiro atoms. The minimum Gasteiger partial charge on any atom is -0.343 e. The molecule has 33 heavy (non-hydrogen) atoms. The fourth-order valence-electron chi connectivity index (χ4n) is 4.11. The van der Waals surface area contributed by atoms with Crippen LogP contribution in [0.25, 0.3) is 0 Å². The first-order valence-electron chi connectivity index (χ1n) is 11.0. The van der Waals surface area contributed by atoms with Crippen molar-refractivity contribution >= 4 is 11.8 Å². The highest BCUT2D eigenvalue weighted by Gasteiger charge is 2.40. The number of aromatic nitrogens is 4. The van der Waals surface area contributed by atoms with Gasteiger partial charge in [0, 0.05) is 6.42 Å². The van der Waals surface area contributed by atoms with Gasteiger partial charge in [0.1, 0.15) is 25.1 Å². The molecule has 4 rings (SSSR count). The maximum absolute atomic E-state index is 14.3. The van der Waals surface area contributed by atoms with E-state index < -0.39 is 24.2 Å². The van der Waals surface area contributed by atoms with Crippen LogP contribution in [0.5, 0.6) is 0 Å². The topological polar surface area (TPSA) is 93.0 Å². The summed E-state index contributed by atoms with van der Waals surface area (Å²) in [6, 6.07) is 16.4. The molecule has 1 N–H and O–H groups in total. The van der Waals surface area contributed by atoms with E-state index in [0.717, 1.165) is 11.1 Å². The van der Waals surface area contributed by atoms with Crippen LogP contribution in [-0.4, -0.2) is 55.7 Å². The molecule has 172 valence electrons. The number of alkyl halides is 1. The molecule has 1 fully saturated rings. The molecule has 0 radical (unpaired) electrons. The molecule has 3 atom stereocenters.